The van der Waals surface area contributed by atoms with Crippen LogP contribution in [0.4, 0.5) is 0 Å². The van der Waals surface area contributed by atoms with E-state index in [1.807, 2.05) is 43.0 Å². The quantitative estimate of drug-likeness (QED) is 0.915. The van der Waals surface area contributed by atoms with E-state index in [4.69, 9.17) is 10.5 Å². The molecule has 4 heteroatoms. The molecule has 1 unspecified atom stereocenters. The molecule has 1 atom stereocenters. The monoisotopic (exact) mass is 276 g/mol. The summed E-state index contributed by atoms with van der Waals surface area (Å²) in [7, 11) is 0. The molecule has 110 valence electrons. The number of hydrogen-bond acceptors (Lipinski definition) is 3. The van der Waals surface area contributed by atoms with Gasteiger partial charge in [-0.15, -0.1) is 0 Å². The lowest BCUT2D eigenvalue weighted by Gasteiger charge is -2.33. The number of carbonyl (C=O) groups excluding carboxylic acids is 1. The molecule has 1 saturated heterocycles. The minimum atomic E-state index is -0.556. The highest BCUT2D eigenvalue weighted by molar-refractivity contribution is 5.83. The molecule has 4 nitrogen and oxygen atoms in total. The van der Waals surface area contributed by atoms with Gasteiger partial charge in [0.05, 0.1) is 6.10 Å². The van der Waals surface area contributed by atoms with Crippen LogP contribution in [0.1, 0.15) is 36.9 Å². The summed E-state index contributed by atoms with van der Waals surface area (Å²) in [5.41, 5.74) is 8.14. The Morgan fingerprint density at radius 3 is 2.50 bits per heavy atom. The summed E-state index contributed by atoms with van der Waals surface area (Å²) in [5.74, 6) is 0.0174. The first-order valence-electron chi connectivity index (χ1n) is 7.34. The first-order valence-corrected chi connectivity index (χ1v) is 7.34. The second-order valence-electron chi connectivity index (χ2n) is 5.37. The van der Waals surface area contributed by atoms with Crippen molar-refractivity contribution in [3.63, 3.8) is 0 Å². The fraction of sp³-hybridized carbons (Fsp3) is 0.562. The van der Waals surface area contributed by atoms with Gasteiger partial charge < -0.3 is 15.4 Å². The molecule has 1 heterocycles. The third-order valence-corrected chi connectivity index (χ3v) is 3.86. The Hall–Kier alpha value is -1.39. The van der Waals surface area contributed by atoms with Crippen molar-refractivity contribution in [1.29, 1.82) is 0 Å². The van der Waals surface area contributed by atoms with E-state index in [1.54, 1.807) is 0 Å². The number of ether oxygens (including phenoxy) is 1. The molecule has 0 aliphatic carbocycles. The van der Waals surface area contributed by atoms with Crippen LogP contribution in [0.5, 0.6) is 0 Å². The number of benzene rings is 1. The van der Waals surface area contributed by atoms with Gasteiger partial charge in [0, 0.05) is 19.7 Å². The van der Waals surface area contributed by atoms with Crippen LogP contribution < -0.4 is 5.73 Å². The van der Waals surface area contributed by atoms with Crippen molar-refractivity contribution in [1.82, 2.24) is 4.90 Å². The van der Waals surface area contributed by atoms with Crippen molar-refractivity contribution in [2.45, 2.75) is 38.8 Å². The molecule has 1 amide bonds. The molecule has 1 aromatic rings. The Balaban J connectivity index is 1.93. The second kappa shape index (κ2) is 6.86. The second-order valence-corrected chi connectivity index (χ2v) is 5.37. The van der Waals surface area contributed by atoms with E-state index in [1.165, 1.54) is 5.56 Å². The average Bonchev–Trinajstić information content (AvgIpc) is 2.48. The fourth-order valence-corrected chi connectivity index (χ4v) is 2.59. The van der Waals surface area contributed by atoms with Gasteiger partial charge in [-0.2, -0.15) is 0 Å². The predicted molar refractivity (Wildman–Crippen MR) is 79.3 cm³/mol. The van der Waals surface area contributed by atoms with Crippen molar-refractivity contribution in [2.75, 3.05) is 19.7 Å². The van der Waals surface area contributed by atoms with E-state index in [-0.39, 0.29) is 5.91 Å². The number of hydrogen-bond donors (Lipinski definition) is 1. The zero-order valence-corrected chi connectivity index (χ0v) is 12.3. The van der Waals surface area contributed by atoms with E-state index in [2.05, 4.69) is 0 Å². The molecule has 1 fully saturated rings. The summed E-state index contributed by atoms with van der Waals surface area (Å²) in [4.78, 5) is 14.3. The molecular formula is C16H24N2O2. The van der Waals surface area contributed by atoms with Gasteiger partial charge in [0.25, 0.3) is 0 Å². The summed E-state index contributed by atoms with van der Waals surface area (Å²) in [6.07, 6.45) is 2.10. The summed E-state index contributed by atoms with van der Waals surface area (Å²) in [5, 5.41) is 0. The van der Waals surface area contributed by atoms with Gasteiger partial charge in [-0.1, -0.05) is 29.8 Å². The van der Waals surface area contributed by atoms with Crippen LogP contribution in [0.15, 0.2) is 24.3 Å². The average molecular weight is 276 g/mol. The third kappa shape index (κ3) is 3.58. The molecule has 0 spiro atoms. The molecule has 20 heavy (non-hydrogen) atoms. The molecule has 1 aromatic carbocycles. The van der Waals surface area contributed by atoms with Crippen molar-refractivity contribution in [3.8, 4) is 0 Å². The fourth-order valence-electron chi connectivity index (χ4n) is 2.59. The number of likely N-dealkylation sites (tertiary alicyclic amines) is 1. The molecule has 0 saturated carbocycles. The summed E-state index contributed by atoms with van der Waals surface area (Å²) >= 11 is 0. The maximum absolute atomic E-state index is 12.4. The molecule has 2 rings (SSSR count). The molecule has 0 aromatic heterocycles. The lowest BCUT2D eigenvalue weighted by atomic mass is 10.0. The van der Waals surface area contributed by atoms with Gasteiger partial charge >= 0.3 is 0 Å². The summed E-state index contributed by atoms with van der Waals surface area (Å²) in [6, 6.07) is 7.29. The number of nitrogens with zero attached hydrogens (tertiary/aromatic N) is 1. The third-order valence-electron chi connectivity index (χ3n) is 3.86. The van der Waals surface area contributed by atoms with Crippen LogP contribution >= 0.6 is 0 Å². The highest BCUT2D eigenvalue weighted by Crippen LogP contribution is 2.19. The molecule has 0 bridgehead atoms. The van der Waals surface area contributed by atoms with Crippen LogP contribution in [0.25, 0.3) is 0 Å². The number of aryl methyl sites for hydroxylation is 1. The number of rotatable bonds is 4. The number of piperidine rings is 1. The predicted octanol–water partition coefficient (Wildman–Crippen LogP) is 2.02. The van der Waals surface area contributed by atoms with E-state index in [0.717, 1.165) is 38.1 Å². The van der Waals surface area contributed by atoms with Crippen LogP contribution in [-0.4, -0.2) is 36.6 Å². The van der Waals surface area contributed by atoms with Crippen LogP contribution in [-0.2, 0) is 9.53 Å². The Kier molecular flexibility index (Phi) is 5.15. The Morgan fingerprint density at radius 1 is 1.35 bits per heavy atom. The van der Waals surface area contributed by atoms with Crippen molar-refractivity contribution >= 4 is 5.91 Å². The first kappa shape index (κ1) is 15.0. The Morgan fingerprint density at radius 2 is 1.95 bits per heavy atom. The normalized spacial score (nSPS) is 18.1. The highest BCUT2D eigenvalue weighted by Gasteiger charge is 2.27. The topological polar surface area (TPSA) is 55.6 Å². The smallest absolute Gasteiger partial charge is 0.244 e. The zero-order valence-electron chi connectivity index (χ0n) is 12.3. The van der Waals surface area contributed by atoms with Gasteiger partial charge in [-0.25, -0.2) is 0 Å². The van der Waals surface area contributed by atoms with Crippen molar-refractivity contribution in [3.05, 3.63) is 35.4 Å². The maximum Gasteiger partial charge on any atom is 0.244 e. The molecule has 1 aliphatic heterocycles. The van der Waals surface area contributed by atoms with Gasteiger partial charge in [0.15, 0.2) is 0 Å². The lowest BCUT2D eigenvalue weighted by Crippen LogP contribution is -2.44. The van der Waals surface area contributed by atoms with Crippen LogP contribution in [0, 0.1) is 6.92 Å². The van der Waals surface area contributed by atoms with Crippen molar-refractivity contribution in [2.24, 2.45) is 5.73 Å². The van der Waals surface area contributed by atoms with Gasteiger partial charge in [0.1, 0.15) is 6.04 Å². The highest BCUT2D eigenvalue weighted by atomic mass is 16.5. The van der Waals surface area contributed by atoms with Gasteiger partial charge in [-0.3, -0.25) is 4.79 Å². The minimum absolute atomic E-state index is 0.0174. The number of amides is 1. The standard InChI is InChI=1S/C16H24N2O2/c1-3-20-14-8-10-18(11-9-14)16(19)15(17)13-6-4-12(2)5-7-13/h4-7,14-15H,3,8-11,17H2,1-2H3. The summed E-state index contributed by atoms with van der Waals surface area (Å²) < 4.78 is 5.60. The Bertz CT molecular complexity index is 436. The van der Waals surface area contributed by atoms with Gasteiger partial charge in [0.2, 0.25) is 5.91 Å². The van der Waals surface area contributed by atoms with E-state index < -0.39 is 6.04 Å². The first-order chi connectivity index (χ1) is 9.61. The van der Waals surface area contributed by atoms with Crippen molar-refractivity contribution < 1.29 is 9.53 Å². The van der Waals surface area contributed by atoms with E-state index >= 15 is 0 Å². The number of carbonyl (C=O) groups is 1. The minimum Gasteiger partial charge on any atom is -0.378 e. The van der Waals surface area contributed by atoms with Gasteiger partial charge in [-0.05, 0) is 32.3 Å². The lowest BCUT2D eigenvalue weighted by molar-refractivity contribution is -0.135. The largest absolute Gasteiger partial charge is 0.378 e. The maximum atomic E-state index is 12.4. The Labute approximate surface area is 120 Å². The molecule has 0 radical (unpaired) electrons. The van der Waals surface area contributed by atoms with E-state index in [0.29, 0.717) is 6.10 Å². The molecular weight excluding hydrogens is 252 g/mol. The van der Waals surface area contributed by atoms with Crippen LogP contribution in [0.3, 0.4) is 0 Å². The molecule has 2 N–H and O–H groups in total. The van der Waals surface area contributed by atoms with Crippen LogP contribution in [0.2, 0.25) is 0 Å². The molecule has 1 aliphatic rings. The number of nitrogens with two attached hydrogens (primary N) is 1. The summed E-state index contributed by atoms with van der Waals surface area (Å²) in [6.45, 7) is 6.24. The SMILES string of the molecule is CCOC1CCN(C(=O)C(N)c2ccc(C)cc2)CC1. The zero-order chi connectivity index (χ0) is 14.5. The van der Waals surface area contributed by atoms with E-state index in [9.17, 15) is 4.79 Å².